The van der Waals surface area contributed by atoms with Crippen LogP contribution in [0.15, 0.2) is 48.5 Å². The molecular weight excluding hydrogens is 384 g/mol. The van der Waals surface area contributed by atoms with Crippen molar-refractivity contribution in [1.82, 2.24) is 9.97 Å². The molecule has 0 fully saturated rings. The maximum absolute atomic E-state index is 11.9. The number of benzene rings is 2. The molecular formula is C23H24N2O5. The second-order valence-electron chi connectivity index (χ2n) is 7.79. The van der Waals surface area contributed by atoms with Crippen molar-refractivity contribution >= 4 is 23.0 Å². The number of nitrogens with zero attached hydrogens (tertiary/aromatic N) is 2. The van der Waals surface area contributed by atoms with E-state index in [1.54, 1.807) is 6.07 Å². The van der Waals surface area contributed by atoms with Gasteiger partial charge in [-0.3, -0.25) is 4.79 Å². The van der Waals surface area contributed by atoms with Crippen LogP contribution in [0.5, 0.6) is 5.88 Å². The van der Waals surface area contributed by atoms with Gasteiger partial charge in [-0.1, -0.05) is 30.3 Å². The average Bonchev–Trinajstić information content (AvgIpc) is 2.69. The molecule has 0 amide bonds. The van der Waals surface area contributed by atoms with E-state index in [1.165, 1.54) is 12.1 Å². The Balaban J connectivity index is 1.83. The smallest absolute Gasteiger partial charge is 0.335 e. The largest absolute Gasteiger partial charge is 0.478 e. The van der Waals surface area contributed by atoms with E-state index in [9.17, 15) is 14.7 Å². The van der Waals surface area contributed by atoms with Crippen molar-refractivity contribution < 1.29 is 24.2 Å². The zero-order chi connectivity index (χ0) is 21.7. The molecule has 2 aromatic carbocycles. The number of carbonyl (C=O) groups is 2. The van der Waals surface area contributed by atoms with Gasteiger partial charge in [0, 0.05) is 12.0 Å². The van der Waals surface area contributed by atoms with Gasteiger partial charge < -0.3 is 14.6 Å². The number of carboxylic acid groups (broad SMARTS) is 1. The third-order valence-corrected chi connectivity index (χ3v) is 4.11. The SMILES string of the molecule is CC(C)(C)OC(=O)CCCOc1nc2cc(C(=O)O)ccc2nc1-c1ccccc1. The number of rotatable bonds is 7. The molecule has 0 saturated heterocycles. The van der Waals surface area contributed by atoms with E-state index >= 15 is 0 Å². The van der Waals surface area contributed by atoms with Gasteiger partial charge in [-0.15, -0.1) is 0 Å². The predicted octanol–water partition coefficient (Wildman–Crippen LogP) is 4.50. The Labute approximate surface area is 174 Å². The van der Waals surface area contributed by atoms with Crippen LogP contribution in [-0.2, 0) is 9.53 Å². The van der Waals surface area contributed by atoms with Crippen LogP contribution in [0.25, 0.3) is 22.3 Å². The van der Waals surface area contributed by atoms with Crippen molar-refractivity contribution in [2.75, 3.05) is 6.61 Å². The summed E-state index contributed by atoms with van der Waals surface area (Å²) in [5.74, 6) is -1.03. The number of aromatic nitrogens is 2. The van der Waals surface area contributed by atoms with Crippen LogP contribution in [0, 0.1) is 0 Å². The Morgan fingerprint density at radius 1 is 1.00 bits per heavy atom. The first-order valence-electron chi connectivity index (χ1n) is 9.68. The standard InChI is InChI=1S/C23H24N2O5/c1-23(2,3)30-19(26)10-7-13-29-21-20(15-8-5-4-6-9-15)24-17-12-11-16(22(27)28)14-18(17)25-21/h4-6,8-9,11-12,14H,7,10,13H2,1-3H3,(H,27,28). The zero-order valence-corrected chi connectivity index (χ0v) is 17.2. The Morgan fingerprint density at radius 2 is 1.73 bits per heavy atom. The number of esters is 1. The van der Waals surface area contributed by atoms with Gasteiger partial charge in [0.2, 0.25) is 5.88 Å². The number of hydrogen-bond acceptors (Lipinski definition) is 6. The van der Waals surface area contributed by atoms with E-state index in [0.29, 0.717) is 29.0 Å². The van der Waals surface area contributed by atoms with Gasteiger partial charge in [0.25, 0.3) is 0 Å². The quantitative estimate of drug-likeness (QED) is 0.454. The molecule has 0 bridgehead atoms. The molecule has 7 nitrogen and oxygen atoms in total. The molecule has 7 heteroatoms. The predicted molar refractivity (Wildman–Crippen MR) is 113 cm³/mol. The Hall–Kier alpha value is -3.48. The Kier molecular flexibility index (Phi) is 6.30. The fraction of sp³-hybridized carbons (Fsp3) is 0.304. The van der Waals surface area contributed by atoms with Crippen LogP contribution in [0.4, 0.5) is 0 Å². The molecule has 0 aliphatic heterocycles. The van der Waals surface area contributed by atoms with Crippen molar-refractivity contribution in [2.45, 2.75) is 39.2 Å². The van der Waals surface area contributed by atoms with E-state index in [4.69, 9.17) is 9.47 Å². The minimum Gasteiger partial charge on any atom is -0.478 e. The number of carbonyl (C=O) groups excluding carboxylic acids is 1. The van der Waals surface area contributed by atoms with E-state index in [2.05, 4.69) is 9.97 Å². The number of aromatic carboxylic acids is 1. The fourth-order valence-corrected chi connectivity index (χ4v) is 2.83. The van der Waals surface area contributed by atoms with Crippen LogP contribution in [0.3, 0.4) is 0 Å². The zero-order valence-electron chi connectivity index (χ0n) is 17.2. The van der Waals surface area contributed by atoms with E-state index in [1.807, 2.05) is 51.1 Å². The molecule has 1 heterocycles. The topological polar surface area (TPSA) is 98.6 Å². The lowest BCUT2D eigenvalue weighted by atomic mass is 10.1. The lowest BCUT2D eigenvalue weighted by Gasteiger charge is -2.19. The summed E-state index contributed by atoms with van der Waals surface area (Å²) in [6, 6.07) is 14.1. The minimum atomic E-state index is -1.04. The van der Waals surface area contributed by atoms with Gasteiger partial charge in [0.15, 0.2) is 0 Å². The number of ether oxygens (including phenoxy) is 2. The molecule has 0 aliphatic rings. The molecule has 0 saturated carbocycles. The van der Waals surface area contributed by atoms with Crippen LogP contribution < -0.4 is 4.74 Å². The highest BCUT2D eigenvalue weighted by molar-refractivity contribution is 5.92. The molecule has 3 rings (SSSR count). The summed E-state index contributed by atoms with van der Waals surface area (Å²) in [5, 5.41) is 9.23. The third kappa shape index (κ3) is 5.53. The fourth-order valence-electron chi connectivity index (χ4n) is 2.83. The first kappa shape index (κ1) is 21.2. The summed E-state index contributed by atoms with van der Waals surface area (Å²) in [5.41, 5.74) is 1.99. The number of fused-ring (bicyclic) bond motifs is 1. The van der Waals surface area contributed by atoms with Gasteiger partial charge in [0.1, 0.15) is 11.3 Å². The molecule has 0 atom stereocenters. The highest BCUT2D eigenvalue weighted by atomic mass is 16.6. The van der Waals surface area contributed by atoms with Crippen LogP contribution in [0.1, 0.15) is 44.0 Å². The van der Waals surface area contributed by atoms with Gasteiger partial charge in [-0.25, -0.2) is 14.8 Å². The van der Waals surface area contributed by atoms with E-state index < -0.39 is 11.6 Å². The molecule has 156 valence electrons. The molecule has 1 aromatic heterocycles. The average molecular weight is 408 g/mol. The molecule has 1 N–H and O–H groups in total. The first-order chi connectivity index (χ1) is 14.2. The lowest BCUT2D eigenvalue weighted by molar-refractivity contribution is -0.155. The van der Waals surface area contributed by atoms with E-state index in [-0.39, 0.29) is 24.6 Å². The lowest BCUT2D eigenvalue weighted by Crippen LogP contribution is -2.24. The summed E-state index contributed by atoms with van der Waals surface area (Å²) < 4.78 is 11.1. The normalized spacial score (nSPS) is 11.3. The number of hydrogen-bond donors (Lipinski definition) is 1. The third-order valence-electron chi connectivity index (χ3n) is 4.11. The van der Waals surface area contributed by atoms with Gasteiger partial charge in [0.05, 0.1) is 23.2 Å². The van der Waals surface area contributed by atoms with E-state index in [0.717, 1.165) is 5.56 Å². The van der Waals surface area contributed by atoms with Gasteiger partial charge in [-0.05, 0) is 45.4 Å². The molecule has 3 aromatic rings. The van der Waals surface area contributed by atoms with Crippen LogP contribution in [-0.4, -0.2) is 39.2 Å². The highest BCUT2D eigenvalue weighted by Crippen LogP contribution is 2.29. The summed E-state index contributed by atoms with van der Waals surface area (Å²) in [6.45, 7) is 5.72. The molecule has 30 heavy (non-hydrogen) atoms. The van der Waals surface area contributed by atoms with Crippen LogP contribution in [0.2, 0.25) is 0 Å². The van der Waals surface area contributed by atoms with Gasteiger partial charge >= 0.3 is 11.9 Å². The summed E-state index contributed by atoms with van der Waals surface area (Å²) >= 11 is 0. The summed E-state index contributed by atoms with van der Waals surface area (Å²) in [7, 11) is 0. The first-order valence-corrected chi connectivity index (χ1v) is 9.68. The highest BCUT2D eigenvalue weighted by Gasteiger charge is 2.17. The Morgan fingerprint density at radius 3 is 2.40 bits per heavy atom. The molecule has 0 aliphatic carbocycles. The van der Waals surface area contributed by atoms with Gasteiger partial charge in [-0.2, -0.15) is 0 Å². The maximum Gasteiger partial charge on any atom is 0.335 e. The molecule has 0 unspecified atom stereocenters. The maximum atomic E-state index is 11.9. The van der Waals surface area contributed by atoms with Crippen molar-refractivity contribution in [2.24, 2.45) is 0 Å². The minimum absolute atomic E-state index is 0.125. The molecule has 0 radical (unpaired) electrons. The van der Waals surface area contributed by atoms with Crippen molar-refractivity contribution in [3.63, 3.8) is 0 Å². The van der Waals surface area contributed by atoms with Crippen LogP contribution >= 0.6 is 0 Å². The monoisotopic (exact) mass is 408 g/mol. The summed E-state index contributed by atoms with van der Waals surface area (Å²) in [4.78, 5) is 32.3. The van der Waals surface area contributed by atoms with Crippen molar-refractivity contribution in [1.29, 1.82) is 0 Å². The second kappa shape index (κ2) is 8.90. The second-order valence-corrected chi connectivity index (χ2v) is 7.79. The van der Waals surface area contributed by atoms with Crippen molar-refractivity contribution in [3.05, 3.63) is 54.1 Å². The number of carboxylic acids is 1. The summed E-state index contributed by atoms with van der Waals surface area (Å²) in [6.07, 6.45) is 0.681. The van der Waals surface area contributed by atoms with Crippen molar-refractivity contribution in [3.8, 4) is 17.1 Å². The Bertz CT molecular complexity index is 1060. The molecule has 0 spiro atoms.